The van der Waals surface area contributed by atoms with Crippen LogP contribution in [0.2, 0.25) is 0 Å². The standard InChI is InChI=1S/C18H28FN3O2/c1-14(2)17(22-8-10-24-11-9-22)12-20-18(23)21(3)13-15-4-6-16(19)7-5-15/h4-7,14,17H,8-13H2,1-3H3,(H,20,23). The van der Waals surface area contributed by atoms with E-state index in [2.05, 4.69) is 24.1 Å². The summed E-state index contributed by atoms with van der Waals surface area (Å²) in [5, 5.41) is 3.02. The largest absolute Gasteiger partial charge is 0.379 e. The van der Waals surface area contributed by atoms with Crippen LogP contribution in [0.5, 0.6) is 0 Å². The summed E-state index contributed by atoms with van der Waals surface area (Å²) in [7, 11) is 1.75. The lowest BCUT2D eigenvalue weighted by molar-refractivity contribution is 0.00697. The zero-order valence-electron chi connectivity index (χ0n) is 14.8. The molecule has 1 aromatic rings. The molecule has 0 bridgehead atoms. The smallest absolute Gasteiger partial charge is 0.317 e. The van der Waals surface area contributed by atoms with E-state index in [9.17, 15) is 9.18 Å². The predicted octanol–water partition coefficient (Wildman–Crippen LogP) is 2.32. The summed E-state index contributed by atoms with van der Waals surface area (Å²) in [6.45, 7) is 8.74. The van der Waals surface area contributed by atoms with Crippen LogP contribution in [-0.2, 0) is 11.3 Å². The summed E-state index contributed by atoms with van der Waals surface area (Å²) < 4.78 is 18.3. The van der Waals surface area contributed by atoms with Gasteiger partial charge in [0.25, 0.3) is 0 Å². The molecule has 1 aliphatic rings. The Morgan fingerprint density at radius 1 is 1.29 bits per heavy atom. The molecule has 24 heavy (non-hydrogen) atoms. The molecule has 2 rings (SSSR count). The molecule has 5 nitrogen and oxygen atoms in total. The molecule has 1 unspecified atom stereocenters. The first-order chi connectivity index (χ1) is 11.5. The predicted molar refractivity (Wildman–Crippen MR) is 92.3 cm³/mol. The van der Waals surface area contributed by atoms with Gasteiger partial charge in [0.15, 0.2) is 0 Å². The fraction of sp³-hybridized carbons (Fsp3) is 0.611. The number of hydrogen-bond donors (Lipinski definition) is 1. The Morgan fingerprint density at radius 2 is 1.92 bits per heavy atom. The second kappa shape index (κ2) is 8.99. The molecule has 1 heterocycles. The zero-order valence-corrected chi connectivity index (χ0v) is 14.8. The van der Waals surface area contributed by atoms with E-state index in [4.69, 9.17) is 4.74 Å². The quantitative estimate of drug-likeness (QED) is 0.866. The van der Waals surface area contributed by atoms with Crippen molar-refractivity contribution in [2.45, 2.75) is 26.4 Å². The fourth-order valence-electron chi connectivity index (χ4n) is 2.96. The van der Waals surface area contributed by atoms with E-state index in [0.717, 1.165) is 31.9 Å². The van der Waals surface area contributed by atoms with E-state index in [1.54, 1.807) is 24.1 Å². The van der Waals surface area contributed by atoms with Crippen molar-refractivity contribution in [1.82, 2.24) is 15.1 Å². The van der Waals surface area contributed by atoms with Crippen LogP contribution in [0.4, 0.5) is 9.18 Å². The monoisotopic (exact) mass is 337 g/mol. The molecule has 6 heteroatoms. The first kappa shape index (κ1) is 18.7. The van der Waals surface area contributed by atoms with Gasteiger partial charge in [-0.2, -0.15) is 0 Å². The van der Waals surface area contributed by atoms with Crippen LogP contribution in [0.15, 0.2) is 24.3 Å². The number of carbonyl (C=O) groups is 1. The van der Waals surface area contributed by atoms with Gasteiger partial charge in [-0.05, 0) is 23.6 Å². The second-order valence-corrected chi connectivity index (χ2v) is 6.63. The van der Waals surface area contributed by atoms with Gasteiger partial charge in [-0.15, -0.1) is 0 Å². The Morgan fingerprint density at radius 3 is 2.50 bits per heavy atom. The second-order valence-electron chi connectivity index (χ2n) is 6.63. The number of nitrogens with zero attached hydrogens (tertiary/aromatic N) is 2. The van der Waals surface area contributed by atoms with Gasteiger partial charge in [-0.3, -0.25) is 4.90 Å². The normalized spacial score (nSPS) is 16.9. The van der Waals surface area contributed by atoms with Gasteiger partial charge in [0.1, 0.15) is 5.82 Å². The molecule has 0 radical (unpaired) electrons. The van der Waals surface area contributed by atoms with Crippen LogP contribution in [0, 0.1) is 11.7 Å². The molecule has 1 aliphatic heterocycles. The number of benzene rings is 1. The molecule has 0 spiro atoms. The van der Waals surface area contributed by atoms with Gasteiger partial charge in [0.2, 0.25) is 0 Å². The Bertz CT molecular complexity index is 516. The van der Waals surface area contributed by atoms with E-state index >= 15 is 0 Å². The van der Waals surface area contributed by atoms with E-state index in [-0.39, 0.29) is 11.8 Å². The number of morpholine rings is 1. The number of urea groups is 1. The number of halogens is 1. The van der Waals surface area contributed by atoms with Crippen molar-refractivity contribution in [3.05, 3.63) is 35.6 Å². The van der Waals surface area contributed by atoms with Crippen molar-refractivity contribution in [2.24, 2.45) is 5.92 Å². The van der Waals surface area contributed by atoms with Crippen LogP contribution < -0.4 is 5.32 Å². The summed E-state index contributed by atoms with van der Waals surface area (Å²) in [6, 6.07) is 6.41. The van der Waals surface area contributed by atoms with Gasteiger partial charge >= 0.3 is 6.03 Å². The van der Waals surface area contributed by atoms with Crippen LogP contribution >= 0.6 is 0 Å². The van der Waals surface area contributed by atoms with Crippen LogP contribution in [0.1, 0.15) is 19.4 Å². The molecular formula is C18H28FN3O2. The zero-order chi connectivity index (χ0) is 17.5. The van der Waals surface area contributed by atoms with Gasteiger partial charge in [-0.1, -0.05) is 26.0 Å². The first-order valence-corrected chi connectivity index (χ1v) is 8.52. The number of carbonyl (C=O) groups excluding carboxylic acids is 1. The van der Waals surface area contributed by atoms with E-state index < -0.39 is 0 Å². The number of rotatable bonds is 6. The van der Waals surface area contributed by atoms with E-state index in [0.29, 0.717) is 25.0 Å². The van der Waals surface area contributed by atoms with Gasteiger partial charge in [0, 0.05) is 39.3 Å². The average Bonchev–Trinajstić information content (AvgIpc) is 2.57. The summed E-state index contributed by atoms with van der Waals surface area (Å²) >= 11 is 0. The SMILES string of the molecule is CC(C)C(CNC(=O)N(C)Cc1ccc(F)cc1)N1CCOCC1. The molecule has 1 N–H and O–H groups in total. The molecule has 2 amide bonds. The van der Waals surface area contributed by atoms with Crippen LogP contribution in [0.3, 0.4) is 0 Å². The molecule has 0 aromatic heterocycles. The molecule has 134 valence electrons. The van der Waals surface area contributed by atoms with E-state index in [1.807, 2.05) is 0 Å². The topological polar surface area (TPSA) is 44.8 Å². The summed E-state index contributed by atoms with van der Waals surface area (Å²) in [4.78, 5) is 16.3. The summed E-state index contributed by atoms with van der Waals surface area (Å²) in [5.74, 6) is 0.182. The number of nitrogens with one attached hydrogen (secondary N) is 1. The van der Waals surface area contributed by atoms with Crippen LogP contribution in [0.25, 0.3) is 0 Å². The highest BCUT2D eigenvalue weighted by Gasteiger charge is 2.24. The van der Waals surface area contributed by atoms with E-state index in [1.165, 1.54) is 12.1 Å². The Balaban J connectivity index is 1.84. The molecule has 1 atom stereocenters. The Hall–Kier alpha value is -1.66. The minimum atomic E-state index is -0.267. The summed E-state index contributed by atoms with van der Waals surface area (Å²) in [6.07, 6.45) is 0. The molecule has 0 aliphatic carbocycles. The number of ether oxygens (including phenoxy) is 1. The molecule has 1 aromatic carbocycles. The third kappa shape index (κ3) is 5.46. The minimum absolute atomic E-state index is 0.113. The first-order valence-electron chi connectivity index (χ1n) is 8.52. The van der Waals surface area contributed by atoms with Crippen molar-refractivity contribution >= 4 is 6.03 Å². The lowest BCUT2D eigenvalue weighted by atomic mass is 10.0. The highest BCUT2D eigenvalue weighted by atomic mass is 19.1. The van der Waals surface area contributed by atoms with Gasteiger partial charge in [-0.25, -0.2) is 9.18 Å². The van der Waals surface area contributed by atoms with Crippen molar-refractivity contribution in [2.75, 3.05) is 39.9 Å². The van der Waals surface area contributed by atoms with Crippen molar-refractivity contribution in [3.63, 3.8) is 0 Å². The summed E-state index contributed by atoms with van der Waals surface area (Å²) in [5.41, 5.74) is 0.905. The van der Waals surface area contributed by atoms with Crippen molar-refractivity contribution in [1.29, 1.82) is 0 Å². The van der Waals surface area contributed by atoms with Crippen molar-refractivity contribution < 1.29 is 13.9 Å². The molecule has 0 saturated carbocycles. The highest BCUT2D eigenvalue weighted by molar-refractivity contribution is 5.73. The third-order valence-electron chi connectivity index (χ3n) is 4.43. The fourth-order valence-corrected chi connectivity index (χ4v) is 2.96. The average molecular weight is 337 g/mol. The molecule has 1 fully saturated rings. The van der Waals surface area contributed by atoms with Crippen LogP contribution in [-0.4, -0.2) is 61.8 Å². The number of hydrogen-bond acceptors (Lipinski definition) is 3. The Labute approximate surface area is 143 Å². The lowest BCUT2D eigenvalue weighted by Crippen LogP contribution is -2.52. The maximum absolute atomic E-state index is 12.9. The Kier molecular flexibility index (Phi) is 6.99. The third-order valence-corrected chi connectivity index (χ3v) is 4.43. The van der Waals surface area contributed by atoms with Gasteiger partial charge < -0.3 is 15.0 Å². The maximum atomic E-state index is 12.9. The lowest BCUT2D eigenvalue weighted by Gasteiger charge is -2.37. The molecule has 1 saturated heterocycles. The van der Waals surface area contributed by atoms with Gasteiger partial charge in [0.05, 0.1) is 13.2 Å². The minimum Gasteiger partial charge on any atom is -0.379 e. The maximum Gasteiger partial charge on any atom is 0.317 e. The molecular weight excluding hydrogens is 309 g/mol. The number of amides is 2. The van der Waals surface area contributed by atoms with Crippen molar-refractivity contribution in [3.8, 4) is 0 Å². The highest BCUT2D eigenvalue weighted by Crippen LogP contribution is 2.12.